The van der Waals surface area contributed by atoms with Gasteiger partial charge in [0.15, 0.2) is 12.4 Å². The number of nitrogens with zero attached hydrogens (tertiary/aromatic N) is 3. The summed E-state index contributed by atoms with van der Waals surface area (Å²) in [6, 6.07) is 0. The van der Waals surface area contributed by atoms with Gasteiger partial charge in [-0.25, -0.2) is 4.90 Å². The number of carbonyl (C=O) groups is 2. The first-order valence-electron chi connectivity index (χ1n) is 3.08. The van der Waals surface area contributed by atoms with Crippen molar-refractivity contribution in [2.45, 2.75) is 6.92 Å². The first-order valence-corrected chi connectivity index (χ1v) is 3.08. The lowest BCUT2D eigenvalue weighted by Crippen LogP contribution is -2.38. The van der Waals surface area contributed by atoms with Gasteiger partial charge >= 0.3 is 11.8 Å². The minimum absolute atomic E-state index is 0.105. The van der Waals surface area contributed by atoms with Gasteiger partial charge in [-0.05, 0) is 6.92 Å². The molecule has 0 radical (unpaired) electrons. The van der Waals surface area contributed by atoms with Crippen molar-refractivity contribution in [2.75, 3.05) is 6.54 Å². The van der Waals surface area contributed by atoms with E-state index in [0.29, 0.717) is 4.90 Å². The van der Waals surface area contributed by atoms with Crippen molar-refractivity contribution in [3.63, 3.8) is 0 Å². The maximum Gasteiger partial charge on any atom is 0.325 e. The summed E-state index contributed by atoms with van der Waals surface area (Å²) in [5, 5.41) is 17.9. The molecule has 0 aromatic carbocycles. The highest BCUT2D eigenvalue weighted by molar-refractivity contribution is 6.35. The Morgan fingerprint density at radius 2 is 2.08 bits per heavy atom. The fourth-order valence-electron chi connectivity index (χ4n) is 0.487. The molecule has 0 fully saturated rings. The Kier molecular flexibility index (Phi) is 3.88. The average Bonchev–Trinajstić information content (AvgIpc) is 2.07. The van der Waals surface area contributed by atoms with Crippen molar-refractivity contribution in [1.82, 2.24) is 10.2 Å². The molecule has 0 rings (SSSR count). The summed E-state index contributed by atoms with van der Waals surface area (Å²) < 4.78 is 0. The van der Waals surface area contributed by atoms with E-state index in [4.69, 9.17) is 10.5 Å². The van der Waals surface area contributed by atoms with E-state index in [1.54, 1.807) is 12.2 Å². The van der Waals surface area contributed by atoms with Gasteiger partial charge < -0.3 is 0 Å². The summed E-state index contributed by atoms with van der Waals surface area (Å²) in [6.07, 6.45) is 2.80. The highest BCUT2D eigenvalue weighted by Gasteiger charge is 2.19. The monoisotopic (exact) mass is 166 g/mol. The lowest BCUT2D eigenvalue weighted by atomic mass is 10.5. The zero-order valence-electron chi connectivity index (χ0n) is 6.37. The minimum Gasteiger partial charge on any atom is -0.262 e. The van der Waals surface area contributed by atoms with Gasteiger partial charge in [0.2, 0.25) is 0 Å². The molecule has 0 spiro atoms. The molecule has 0 aliphatic heterocycles. The number of carbonyl (C=O) groups excluding carboxylic acids is 2. The molecule has 0 aromatic heterocycles. The fourth-order valence-corrected chi connectivity index (χ4v) is 0.487. The Labute approximate surface area is 69.0 Å². The van der Waals surface area contributed by atoms with Crippen LogP contribution < -0.4 is 5.32 Å². The maximum absolute atomic E-state index is 10.8. The van der Waals surface area contributed by atoms with Gasteiger partial charge in [-0.15, -0.1) is 0 Å². The summed E-state index contributed by atoms with van der Waals surface area (Å²) in [5.41, 5.74) is 0. The van der Waals surface area contributed by atoms with Crippen molar-refractivity contribution < 1.29 is 9.59 Å². The first-order chi connectivity index (χ1) is 5.67. The van der Waals surface area contributed by atoms with Crippen LogP contribution in [0.5, 0.6) is 0 Å². The van der Waals surface area contributed by atoms with E-state index in [1.807, 2.05) is 0 Å². The van der Waals surface area contributed by atoms with Crippen molar-refractivity contribution in [1.29, 1.82) is 10.5 Å². The van der Waals surface area contributed by atoms with Crippen LogP contribution in [-0.4, -0.2) is 23.3 Å². The van der Waals surface area contributed by atoms with Crippen LogP contribution in [0.15, 0.2) is 0 Å². The lowest BCUT2D eigenvalue weighted by Gasteiger charge is -2.07. The third-order valence-electron chi connectivity index (χ3n) is 1.05. The van der Waals surface area contributed by atoms with Crippen LogP contribution in [0.4, 0.5) is 0 Å². The summed E-state index contributed by atoms with van der Waals surface area (Å²) in [7, 11) is 0. The summed E-state index contributed by atoms with van der Waals surface area (Å²) in [5.74, 6) is -2.12. The van der Waals surface area contributed by atoms with E-state index in [-0.39, 0.29) is 6.54 Å². The minimum atomic E-state index is -1.10. The number of nitrogens with one attached hydrogen (secondary N) is 1. The van der Waals surface area contributed by atoms with Crippen LogP contribution >= 0.6 is 0 Å². The molecule has 0 saturated carbocycles. The van der Waals surface area contributed by atoms with Gasteiger partial charge in [-0.3, -0.25) is 14.9 Å². The molecule has 62 valence electrons. The number of likely N-dealkylation sites (N-methyl/N-ethyl adjacent to an activating group) is 1. The summed E-state index contributed by atoms with van der Waals surface area (Å²) in [4.78, 5) is 22.1. The number of amides is 2. The molecular formula is C6H6N4O2. The second kappa shape index (κ2) is 4.69. The van der Waals surface area contributed by atoms with Crippen LogP contribution in [-0.2, 0) is 9.59 Å². The van der Waals surface area contributed by atoms with Gasteiger partial charge in [0.25, 0.3) is 0 Å². The van der Waals surface area contributed by atoms with Crippen molar-refractivity contribution in [3.8, 4) is 12.4 Å². The smallest absolute Gasteiger partial charge is 0.262 e. The number of hydrogen-bond donors (Lipinski definition) is 1. The second-order valence-electron chi connectivity index (χ2n) is 1.72. The van der Waals surface area contributed by atoms with Crippen LogP contribution in [0.2, 0.25) is 0 Å². The Morgan fingerprint density at radius 1 is 1.50 bits per heavy atom. The molecule has 1 N–H and O–H groups in total. The molecule has 0 unspecified atom stereocenters. The molecule has 0 aliphatic rings. The van der Waals surface area contributed by atoms with Crippen LogP contribution in [0.3, 0.4) is 0 Å². The first kappa shape index (κ1) is 9.92. The third kappa shape index (κ3) is 2.27. The highest BCUT2D eigenvalue weighted by atomic mass is 16.2. The predicted molar refractivity (Wildman–Crippen MR) is 36.8 cm³/mol. The Morgan fingerprint density at radius 3 is 2.42 bits per heavy atom. The van der Waals surface area contributed by atoms with Crippen molar-refractivity contribution >= 4 is 11.8 Å². The average molecular weight is 166 g/mol. The van der Waals surface area contributed by atoms with Crippen molar-refractivity contribution in [3.05, 3.63) is 0 Å². The van der Waals surface area contributed by atoms with E-state index in [1.165, 1.54) is 12.4 Å². The molecule has 12 heavy (non-hydrogen) atoms. The van der Waals surface area contributed by atoms with Crippen LogP contribution in [0.1, 0.15) is 6.92 Å². The Bertz CT molecular complexity index is 272. The predicted octanol–water partition coefficient (Wildman–Crippen LogP) is -1.09. The molecule has 0 bridgehead atoms. The Balaban J connectivity index is 4.31. The van der Waals surface area contributed by atoms with Gasteiger partial charge in [-0.1, -0.05) is 0 Å². The molecule has 0 saturated heterocycles. The SMILES string of the molecule is CCN(C#N)C(=O)C(=O)NC#N. The number of nitriles is 2. The lowest BCUT2D eigenvalue weighted by molar-refractivity contribution is -0.143. The quantitative estimate of drug-likeness (QED) is 0.304. The van der Waals surface area contributed by atoms with Gasteiger partial charge in [0.05, 0.1) is 0 Å². The molecule has 6 heteroatoms. The zero-order valence-corrected chi connectivity index (χ0v) is 6.37. The van der Waals surface area contributed by atoms with E-state index in [2.05, 4.69) is 0 Å². The topological polar surface area (TPSA) is 97.0 Å². The molecule has 0 atom stereocenters. The molecule has 0 aromatic rings. The number of rotatable bonds is 1. The van der Waals surface area contributed by atoms with Gasteiger partial charge in [0, 0.05) is 6.54 Å². The van der Waals surface area contributed by atoms with E-state index in [9.17, 15) is 9.59 Å². The fraction of sp³-hybridized carbons (Fsp3) is 0.333. The van der Waals surface area contributed by atoms with Crippen molar-refractivity contribution in [2.24, 2.45) is 0 Å². The van der Waals surface area contributed by atoms with E-state index in [0.717, 1.165) is 0 Å². The van der Waals surface area contributed by atoms with Gasteiger partial charge in [0.1, 0.15) is 0 Å². The normalized spacial score (nSPS) is 7.58. The molecule has 2 amide bonds. The van der Waals surface area contributed by atoms with E-state index < -0.39 is 11.8 Å². The summed E-state index contributed by atoms with van der Waals surface area (Å²) in [6.45, 7) is 1.65. The molecular weight excluding hydrogens is 160 g/mol. The van der Waals surface area contributed by atoms with E-state index >= 15 is 0 Å². The summed E-state index contributed by atoms with van der Waals surface area (Å²) >= 11 is 0. The molecule has 0 aliphatic carbocycles. The zero-order chi connectivity index (χ0) is 9.56. The van der Waals surface area contributed by atoms with Crippen LogP contribution in [0.25, 0.3) is 0 Å². The number of hydrogen-bond acceptors (Lipinski definition) is 4. The largest absolute Gasteiger partial charge is 0.325 e. The molecule has 0 heterocycles. The van der Waals surface area contributed by atoms with Crippen LogP contribution in [0, 0.1) is 22.9 Å². The second-order valence-corrected chi connectivity index (χ2v) is 1.72. The maximum atomic E-state index is 10.8. The highest BCUT2D eigenvalue weighted by Crippen LogP contribution is 1.85. The molecule has 6 nitrogen and oxygen atoms in total. The van der Waals surface area contributed by atoms with Gasteiger partial charge in [-0.2, -0.15) is 10.5 Å². The Hall–Kier alpha value is -2.08. The third-order valence-corrected chi connectivity index (χ3v) is 1.05. The standard InChI is InChI=1S/C6H6N4O2/c1-2-10(4-8)6(12)5(11)9-3-7/h2H2,1H3,(H,9,11).